The molecule has 0 aromatic heterocycles. The molecule has 1 atom stereocenters. The van der Waals surface area contributed by atoms with Crippen LogP contribution in [0.3, 0.4) is 0 Å². The fourth-order valence-electron chi connectivity index (χ4n) is 2.68. The van der Waals surface area contributed by atoms with Crippen LogP contribution < -0.4 is 10.1 Å². The van der Waals surface area contributed by atoms with Crippen molar-refractivity contribution in [3.05, 3.63) is 101 Å². The highest BCUT2D eigenvalue weighted by atomic mass is 19.1. The normalized spacial score (nSPS) is 12.0. The van der Waals surface area contributed by atoms with Crippen LogP contribution in [0, 0.1) is 11.6 Å². The van der Waals surface area contributed by atoms with E-state index in [1.54, 1.807) is 18.2 Å². The third-order valence-corrected chi connectivity index (χ3v) is 4.12. The van der Waals surface area contributed by atoms with Gasteiger partial charge in [0.15, 0.2) is 0 Å². The lowest BCUT2D eigenvalue weighted by atomic mass is 10.1. The zero-order valence-electron chi connectivity index (χ0n) is 14.7. The molecule has 0 amide bonds. The van der Waals surface area contributed by atoms with Gasteiger partial charge in [-0.25, -0.2) is 8.78 Å². The first-order valence-electron chi connectivity index (χ1n) is 8.70. The SMILES string of the molecule is O[C@@H](CNCc1ccc(OCc2cccc(F)c2)cc1)c1cccc(F)c1. The molecule has 0 unspecified atom stereocenters. The van der Waals surface area contributed by atoms with Crippen molar-refractivity contribution in [3.63, 3.8) is 0 Å². The van der Waals surface area contributed by atoms with Gasteiger partial charge < -0.3 is 15.2 Å². The van der Waals surface area contributed by atoms with Gasteiger partial charge >= 0.3 is 0 Å². The van der Waals surface area contributed by atoms with Crippen LogP contribution in [-0.4, -0.2) is 11.7 Å². The average Bonchev–Trinajstić information content (AvgIpc) is 2.67. The Morgan fingerprint density at radius 1 is 0.852 bits per heavy atom. The molecular weight excluding hydrogens is 348 g/mol. The van der Waals surface area contributed by atoms with Gasteiger partial charge in [-0.05, 0) is 53.1 Å². The number of aliphatic hydroxyl groups is 1. The molecule has 0 spiro atoms. The van der Waals surface area contributed by atoms with Crippen LogP contribution in [0.25, 0.3) is 0 Å². The van der Waals surface area contributed by atoms with E-state index >= 15 is 0 Å². The highest BCUT2D eigenvalue weighted by Crippen LogP contribution is 2.16. The van der Waals surface area contributed by atoms with Crippen molar-refractivity contribution >= 4 is 0 Å². The quantitative estimate of drug-likeness (QED) is 0.620. The molecular formula is C22H21F2NO2. The number of rotatable bonds is 8. The van der Waals surface area contributed by atoms with Gasteiger partial charge in [-0.15, -0.1) is 0 Å². The molecule has 3 rings (SSSR count). The van der Waals surface area contributed by atoms with Crippen molar-refractivity contribution in [3.8, 4) is 5.75 Å². The van der Waals surface area contributed by atoms with Gasteiger partial charge in [0.25, 0.3) is 0 Å². The second-order valence-corrected chi connectivity index (χ2v) is 6.26. The first-order valence-corrected chi connectivity index (χ1v) is 8.70. The third-order valence-electron chi connectivity index (χ3n) is 4.12. The summed E-state index contributed by atoms with van der Waals surface area (Å²) in [6.45, 7) is 1.19. The van der Waals surface area contributed by atoms with Gasteiger partial charge in [0, 0.05) is 13.1 Å². The second-order valence-electron chi connectivity index (χ2n) is 6.26. The van der Waals surface area contributed by atoms with Gasteiger partial charge in [-0.2, -0.15) is 0 Å². The molecule has 0 fully saturated rings. The summed E-state index contributed by atoms with van der Waals surface area (Å²) in [7, 11) is 0. The summed E-state index contributed by atoms with van der Waals surface area (Å²) in [6, 6.07) is 19.8. The molecule has 0 bridgehead atoms. The summed E-state index contributed by atoms with van der Waals surface area (Å²) in [5, 5.41) is 13.2. The van der Waals surface area contributed by atoms with Crippen molar-refractivity contribution in [1.29, 1.82) is 0 Å². The van der Waals surface area contributed by atoms with E-state index in [1.165, 1.54) is 24.3 Å². The van der Waals surface area contributed by atoms with Crippen molar-refractivity contribution < 1.29 is 18.6 Å². The minimum atomic E-state index is -0.769. The van der Waals surface area contributed by atoms with Gasteiger partial charge in [-0.1, -0.05) is 36.4 Å². The Kier molecular flexibility index (Phi) is 6.52. The van der Waals surface area contributed by atoms with Crippen molar-refractivity contribution in [2.45, 2.75) is 19.3 Å². The fourth-order valence-corrected chi connectivity index (χ4v) is 2.68. The maximum absolute atomic E-state index is 13.2. The topological polar surface area (TPSA) is 41.5 Å². The van der Waals surface area contributed by atoms with Crippen LogP contribution in [0.5, 0.6) is 5.75 Å². The summed E-state index contributed by atoms with van der Waals surface area (Å²) in [5.41, 5.74) is 2.34. The minimum Gasteiger partial charge on any atom is -0.489 e. The predicted molar refractivity (Wildman–Crippen MR) is 100 cm³/mol. The maximum Gasteiger partial charge on any atom is 0.123 e. The molecule has 0 heterocycles. The predicted octanol–water partition coefficient (Wildman–Crippen LogP) is 4.37. The number of nitrogens with one attached hydrogen (secondary N) is 1. The Labute approximate surface area is 157 Å². The molecule has 5 heteroatoms. The number of benzene rings is 3. The monoisotopic (exact) mass is 369 g/mol. The number of halogens is 2. The van der Waals surface area contributed by atoms with E-state index in [4.69, 9.17) is 4.74 Å². The summed E-state index contributed by atoms with van der Waals surface area (Å²) in [6.07, 6.45) is -0.769. The molecule has 0 aliphatic rings. The molecule has 0 radical (unpaired) electrons. The number of hydrogen-bond acceptors (Lipinski definition) is 3. The Hall–Kier alpha value is -2.76. The lowest BCUT2D eigenvalue weighted by molar-refractivity contribution is 0.174. The third kappa shape index (κ3) is 5.88. The van der Waals surface area contributed by atoms with Gasteiger partial charge in [-0.3, -0.25) is 0 Å². The molecule has 3 nitrogen and oxygen atoms in total. The van der Waals surface area contributed by atoms with E-state index in [0.29, 0.717) is 31.0 Å². The van der Waals surface area contributed by atoms with Gasteiger partial charge in [0.05, 0.1) is 6.10 Å². The highest BCUT2D eigenvalue weighted by Gasteiger charge is 2.07. The summed E-state index contributed by atoms with van der Waals surface area (Å²) in [4.78, 5) is 0. The Bertz CT molecular complexity index is 868. The molecule has 0 saturated carbocycles. The summed E-state index contributed by atoms with van der Waals surface area (Å²) >= 11 is 0. The van der Waals surface area contributed by atoms with Crippen molar-refractivity contribution in [2.24, 2.45) is 0 Å². The van der Waals surface area contributed by atoms with E-state index in [1.807, 2.05) is 30.3 Å². The average molecular weight is 369 g/mol. The van der Waals surface area contributed by atoms with Crippen LogP contribution in [0.2, 0.25) is 0 Å². The molecule has 0 aliphatic heterocycles. The van der Waals surface area contributed by atoms with Crippen LogP contribution >= 0.6 is 0 Å². The Morgan fingerprint density at radius 3 is 2.26 bits per heavy atom. The summed E-state index contributed by atoms with van der Waals surface area (Å²) < 4.78 is 32.0. The second kappa shape index (κ2) is 9.26. The van der Waals surface area contributed by atoms with Crippen LogP contribution in [0.1, 0.15) is 22.8 Å². The lowest BCUT2D eigenvalue weighted by Crippen LogP contribution is -2.21. The van der Waals surface area contributed by atoms with E-state index in [2.05, 4.69) is 5.32 Å². The molecule has 3 aromatic carbocycles. The fraction of sp³-hybridized carbons (Fsp3) is 0.182. The van der Waals surface area contributed by atoms with E-state index < -0.39 is 6.10 Å². The van der Waals surface area contributed by atoms with E-state index in [9.17, 15) is 13.9 Å². The van der Waals surface area contributed by atoms with Crippen molar-refractivity contribution in [2.75, 3.05) is 6.54 Å². The zero-order chi connectivity index (χ0) is 19.1. The molecule has 0 aliphatic carbocycles. The molecule has 0 saturated heterocycles. The Morgan fingerprint density at radius 2 is 1.56 bits per heavy atom. The lowest BCUT2D eigenvalue weighted by Gasteiger charge is -2.13. The summed E-state index contributed by atoms with van der Waals surface area (Å²) in [5.74, 6) is 0.0566. The van der Waals surface area contributed by atoms with Gasteiger partial charge in [0.2, 0.25) is 0 Å². The zero-order valence-corrected chi connectivity index (χ0v) is 14.7. The maximum atomic E-state index is 13.2. The van der Waals surface area contributed by atoms with Gasteiger partial charge in [0.1, 0.15) is 24.0 Å². The first-order chi connectivity index (χ1) is 13.1. The smallest absolute Gasteiger partial charge is 0.123 e. The van der Waals surface area contributed by atoms with Crippen LogP contribution in [0.15, 0.2) is 72.8 Å². The highest BCUT2D eigenvalue weighted by molar-refractivity contribution is 5.28. The van der Waals surface area contributed by atoms with Crippen molar-refractivity contribution in [1.82, 2.24) is 5.32 Å². The minimum absolute atomic E-state index is 0.280. The standard InChI is InChI=1S/C22H21F2NO2/c23-19-5-1-3-17(11-19)15-27-21-9-7-16(8-10-21)13-25-14-22(26)18-4-2-6-20(24)12-18/h1-12,22,25-26H,13-15H2/t22-/m0/s1. The molecule has 140 valence electrons. The molecule has 27 heavy (non-hydrogen) atoms. The largest absolute Gasteiger partial charge is 0.489 e. The number of ether oxygens (including phenoxy) is 1. The first kappa shape index (κ1) is 19.0. The van der Waals surface area contributed by atoms with E-state index in [0.717, 1.165) is 11.1 Å². The molecule has 2 N–H and O–H groups in total. The van der Waals surface area contributed by atoms with Crippen LogP contribution in [0.4, 0.5) is 8.78 Å². The number of hydrogen-bond donors (Lipinski definition) is 2. The Balaban J connectivity index is 1.45. The molecule has 3 aromatic rings. The number of aliphatic hydroxyl groups excluding tert-OH is 1. The van der Waals surface area contributed by atoms with E-state index in [-0.39, 0.29) is 11.6 Å². The van der Waals surface area contributed by atoms with Crippen LogP contribution in [-0.2, 0) is 13.2 Å².